The summed E-state index contributed by atoms with van der Waals surface area (Å²) in [6.45, 7) is 2.35. The Balaban J connectivity index is 2.16. The molecule has 88 valence electrons. The van der Waals surface area contributed by atoms with Gasteiger partial charge >= 0.3 is 0 Å². The number of aliphatic hydroxyl groups excluding tert-OH is 1. The minimum absolute atomic E-state index is 0.0325. The Kier molecular flexibility index (Phi) is 3.41. The van der Waals surface area contributed by atoms with Crippen molar-refractivity contribution in [1.82, 2.24) is 10.3 Å². The molecular weight excluding hydrogens is 204 g/mol. The van der Waals surface area contributed by atoms with E-state index in [0.29, 0.717) is 6.54 Å². The number of hydrogen-bond donors (Lipinski definition) is 3. The van der Waals surface area contributed by atoms with E-state index < -0.39 is 0 Å². The van der Waals surface area contributed by atoms with Crippen LogP contribution < -0.4 is 10.9 Å². The lowest BCUT2D eigenvalue weighted by molar-refractivity contribution is 0.184. The lowest BCUT2D eigenvalue weighted by Crippen LogP contribution is -2.32. The molecule has 0 amide bonds. The number of hydrogen-bond acceptors (Lipinski definition) is 3. The fourth-order valence-electron chi connectivity index (χ4n) is 2.23. The first kappa shape index (κ1) is 11.4. The zero-order valence-corrected chi connectivity index (χ0v) is 9.49. The predicted octanol–water partition coefficient (Wildman–Crippen LogP) is 0.723. The van der Waals surface area contributed by atoms with Crippen LogP contribution in [0.3, 0.4) is 0 Å². The maximum absolute atomic E-state index is 11.2. The Hall–Kier alpha value is -1.13. The number of rotatable bonds is 3. The van der Waals surface area contributed by atoms with E-state index in [0.717, 1.165) is 25.0 Å². The molecule has 0 saturated carbocycles. The van der Waals surface area contributed by atoms with E-state index in [4.69, 9.17) is 0 Å². The maximum Gasteiger partial charge on any atom is 0.248 e. The highest BCUT2D eigenvalue weighted by Gasteiger charge is 2.20. The molecular formula is C12H18N2O2. The van der Waals surface area contributed by atoms with Crippen molar-refractivity contribution < 1.29 is 5.11 Å². The first-order valence-electron chi connectivity index (χ1n) is 5.80. The van der Waals surface area contributed by atoms with Crippen LogP contribution in [0.5, 0.6) is 0 Å². The van der Waals surface area contributed by atoms with Gasteiger partial charge in [-0.15, -0.1) is 0 Å². The highest BCUT2D eigenvalue weighted by atomic mass is 16.3. The molecule has 0 aliphatic heterocycles. The highest BCUT2D eigenvalue weighted by molar-refractivity contribution is 5.26. The second kappa shape index (κ2) is 4.80. The Bertz CT molecular complexity index is 412. The van der Waals surface area contributed by atoms with Gasteiger partial charge in [0.15, 0.2) is 0 Å². The van der Waals surface area contributed by atoms with Crippen molar-refractivity contribution in [1.29, 1.82) is 0 Å². The van der Waals surface area contributed by atoms with E-state index in [1.54, 1.807) is 13.0 Å². The van der Waals surface area contributed by atoms with Gasteiger partial charge in [0.25, 0.3) is 0 Å². The molecule has 4 heteroatoms. The third kappa shape index (κ3) is 2.51. The third-order valence-electron chi connectivity index (χ3n) is 2.99. The van der Waals surface area contributed by atoms with E-state index in [1.807, 2.05) is 6.07 Å². The topological polar surface area (TPSA) is 65.1 Å². The van der Waals surface area contributed by atoms with Crippen molar-refractivity contribution in [3.05, 3.63) is 33.7 Å². The minimum Gasteiger partial charge on any atom is -0.392 e. The van der Waals surface area contributed by atoms with Gasteiger partial charge in [0.05, 0.1) is 6.10 Å². The summed E-state index contributed by atoms with van der Waals surface area (Å²) in [6.07, 6.45) is 2.74. The molecule has 2 atom stereocenters. The quantitative estimate of drug-likeness (QED) is 0.706. The molecule has 0 bridgehead atoms. The van der Waals surface area contributed by atoms with Crippen LogP contribution in [-0.2, 0) is 6.42 Å². The summed E-state index contributed by atoms with van der Waals surface area (Å²) in [7, 11) is 0. The minimum atomic E-state index is -0.340. The zero-order chi connectivity index (χ0) is 11.5. The summed E-state index contributed by atoms with van der Waals surface area (Å²) in [4.78, 5) is 14.1. The second-order valence-corrected chi connectivity index (χ2v) is 4.46. The molecule has 1 aliphatic rings. The Morgan fingerprint density at radius 1 is 1.62 bits per heavy atom. The number of aryl methyl sites for hydroxylation is 1. The van der Waals surface area contributed by atoms with Gasteiger partial charge in [-0.3, -0.25) is 4.79 Å². The molecule has 1 heterocycles. The van der Waals surface area contributed by atoms with Crippen LogP contribution in [0.1, 0.15) is 37.1 Å². The fraction of sp³-hybridized carbons (Fsp3) is 0.583. The Morgan fingerprint density at radius 3 is 3.19 bits per heavy atom. The van der Waals surface area contributed by atoms with Crippen LogP contribution in [0, 0.1) is 0 Å². The molecule has 1 aliphatic carbocycles. The van der Waals surface area contributed by atoms with Crippen molar-refractivity contribution >= 4 is 0 Å². The number of H-pyrrole nitrogens is 1. The van der Waals surface area contributed by atoms with Crippen molar-refractivity contribution in [2.24, 2.45) is 0 Å². The first-order chi connectivity index (χ1) is 7.66. The standard InChI is InChI=1S/C12H18N2O2/c1-8(15)7-13-10-3-2-4-11-9(10)5-6-12(16)14-11/h5-6,8,10,13,15H,2-4,7H2,1H3,(H,14,16). The van der Waals surface area contributed by atoms with Crippen LogP contribution in [0.4, 0.5) is 0 Å². The van der Waals surface area contributed by atoms with E-state index in [1.165, 1.54) is 5.56 Å². The lowest BCUT2D eigenvalue weighted by Gasteiger charge is -2.26. The second-order valence-electron chi connectivity index (χ2n) is 4.46. The zero-order valence-electron chi connectivity index (χ0n) is 9.49. The molecule has 3 N–H and O–H groups in total. The largest absolute Gasteiger partial charge is 0.392 e. The van der Waals surface area contributed by atoms with Gasteiger partial charge in [-0.2, -0.15) is 0 Å². The fourth-order valence-corrected chi connectivity index (χ4v) is 2.23. The van der Waals surface area contributed by atoms with E-state index in [2.05, 4.69) is 10.3 Å². The van der Waals surface area contributed by atoms with Crippen molar-refractivity contribution in [2.45, 2.75) is 38.3 Å². The number of aromatic nitrogens is 1. The number of fused-ring (bicyclic) bond motifs is 1. The molecule has 2 rings (SSSR count). The first-order valence-corrected chi connectivity index (χ1v) is 5.80. The van der Waals surface area contributed by atoms with Crippen molar-refractivity contribution in [3.63, 3.8) is 0 Å². The van der Waals surface area contributed by atoms with E-state index in [-0.39, 0.29) is 17.7 Å². The van der Waals surface area contributed by atoms with Crippen LogP contribution in [-0.4, -0.2) is 22.7 Å². The van der Waals surface area contributed by atoms with Crippen molar-refractivity contribution in [3.8, 4) is 0 Å². The third-order valence-corrected chi connectivity index (χ3v) is 2.99. The van der Waals surface area contributed by atoms with Gasteiger partial charge in [0.1, 0.15) is 0 Å². The number of pyridine rings is 1. The van der Waals surface area contributed by atoms with Crippen LogP contribution in [0.25, 0.3) is 0 Å². The van der Waals surface area contributed by atoms with Crippen LogP contribution in [0.2, 0.25) is 0 Å². The number of nitrogens with one attached hydrogen (secondary N) is 2. The highest BCUT2D eigenvalue weighted by Crippen LogP contribution is 2.27. The summed E-state index contributed by atoms with van der Waals surface area (Å²) >= 11 is 0. The Labute approximate surface area is 94.7 Å². The lowest BCUT2D eigenvalue weighted by atomic mass is 9.91. The van der Waals surface area contributed by atoms with Gasteiger partial charge in [-0.25, -0.2) is 0 Å². The molecule has 0 radical (unpaired) electrons. The van der Waals surface area contributed by atoms with Crippen LogP contribution in [0.15, 0.2) is 16.9 Å². The molecule has 1 aromatic heterocycles. The molecule has 0 saturated heterocycles. The van der Waals surface area contributed by atoms with Gasteiger partial charge < -0.3 is 15.4 Å². The molecule has 0 fully saturated rings. The molecule has 16 heavy (non-hydrogen) atoms. The average Bonchev–Trinajstić information content (AvgIpc) is 2.25. The molecule has 1 aromatic rings. The molecule has 0 aromatic carbocycles. The molecule has 4 nitrogen and oxygen atoms in total. The number of aliphatic hydroxyl groups is 1. The summed E-state index contributed by atoms with van der Waals surface area (Å²) < 4.78 is 0. The monoisotopic (exact) mass is 222 g/mol. The summed E-state index contributed by atoms with van der Waals surface area (Å²) in [6, 6.07) is 3.73. The van der Waals surface area contributed by atoms with E-state index in [9.17, 15) is 9.90 Å². The summed E-state index contributed by atoms with van der Waals surface area (Å²) in [5.41, 5.74) is 2.18. The van der Waals surface area contributed by atoms with Crippen LogP contribution >= 0.6 is 0 Å². The molecule has 2 unspecified atom stereocenters. The van der Waals surface area contributed by atoms with E-state index >= 15 is 0 Å². The van der Waals surface area contributed by atoms with Gasteiger partial charge in [0.2, 0.25) is 5.56 Å². The predicted molar refractivity (Wildman–Crippen MR) is 62.4 cm³/mol. The maximum atomic E-state index is 11.2. The Morgan fingerprint density at radius 2 is 2.44 bits per heavy atom. The average molecular weight is 222 g/mol. The normalized spacial score (nSPS) is 21.5. The summed E-state index contributed by atoms with van der Waals surface area (Å²) in [5.74, 6) is 0. The SMILES string of the molecule is CC(O)CNC1CCCc2[nH]c(=O)ccc21. The smallest absolute Gasteiger partial charge is 0.248 e. The van der Waals surface area contributed by atoms with Gasteiger partial charge in [-0.1, -0.05) is 6.07 Å². The summed E-state index contributed by atoms with van der Waals surface area (Å²) in [5, 5.41) is 12.6. The van der Waals surface area contributed by atoms with Crippen molar-refractivity contribution in [2.75, 3.05) is 6.54 Å². The number of aromatic amines is 1. The van der Waals surface area contributed by atoms with Gasteiger partial charge in [-0.05, 0) is 31.7 Å². The molecule has 0 spiro atoms. The van der Waals surface area contributed by atoms with Gasteiger partial charge in [0, 0.05) is 24.3 Å².